The summed E-state index contributed by atoms with van der Waals surface area (Å²) in [6, 6.07) is 6.60. The highest BCUT2D eigenvalue weighted by atomic mass is 32.1. The molecule has 0 aromatic carbocycles. The fraction of sp³-hybridized carbons (Fsp3) is 0.500. The molecule has 4 heteroatoms. The Kier molecular flexibility index (Phi) is 4.76. The van der Waals surface area contributed by atoms with Gasteiger partial charge in [-0.1, -0.05) is 33.8 Å². The van der Waals surface area contributed by atoms with Crippen LogP contribution in [0.3, 0.4) is 0 Å². The summed E-state index contributed by atoms with van der Waals surface area (Å²) in [7, 11) is 0. The summed E-state index contributed by atoms with van der Waals surface area (Å²) in [5.74, 6) is 2.68. The lowest BCUT2D eigenvalue weighted by Crippen LogP contribution is -2.17. The number of nitrogens with one attached hydrogen (secondary N) is 1. The van der Waals surface area contributed by atoms with E-state index in [0.29, 0.717) is 17.9 Å². The average molecular weight is 289 g/mol. The van der Waals surface area contributed by atoms with Gasteiger partial charge in [0.05, 0.1) is 6.04 Å². The largest absolute Gasteiger partial charge is 0.362 e. The summed E-state index contributed by atoms with van der Waals surface area (Å²) in [6.45, 7) is 10.7. The van der Waals surface area contributed by atoms with Crippen LogP contribution in [0.15, 0.2) is 23.6 Å². The first-order valence-corrected chi connectivity index (χ1v) is 8.01. The predicted molar refractivity (Wildman–Crippen MR) is 86.4 cm³/mol. The fourth-order valence-electron chi connectivity index (χ4n) is 2.12. The van der Waals surface area contributed by atoms with Gasteiger partial charge in [-0.15, -0.1) is 11.3 Å². The van der Waals surface area contributed by atoms with E-state index < -0.39 is 0 Å². The summed E-state index contributed by atoms with van der Waals surface area (Å²) in [5, 5.41) is 5.70. The molecule has 2 aromatic heterocycles. The standard InChI is InChI=1S/C16H23N3S/c1-10(2)15(13-7-6-8-20-13)18-14-9-12(5)17-16(19-14)11(3)4/h6-11,15H,1-5H3,(H,17,18,19). The molecule has 108 valence electrons. The van der Waals surface area contributed by atoms with E-state index in [-0.39, 0.29) is 0 Å². The number of nitrogens with zero attached hydrogens (tertiary/aromatic N) is 2. The van der Waals surface area contributed by atoms with Crippen LogP contribution >= 0.6 is 11.3 Å². The van der Waals surface area contributed by atoms with Gasteiger partial charge >= 0.3 is 0 Å². The van der Waals surface area contributed by atoms with Crippen molar-refractivity contribution in [3.8, 4) is 0 Å². The zero-order valence-electron chi connectivity index (χ0n) is 12.8. The minimum Gasteiger partial charge on any atom is -0.362 e. The SMILES string of the molecule is Cc1cc(NC(c2cccs2)C(C)C)nc(C(C)C)n1. The third kappa shape index (κ3) is 3.57. The van der Waals surface area contributed by atoms with E-state index in [1.165, 1.54) is 4.88 Å². The number of hydrogen-bond acceptors (Lipinski definition) is 4. The van der Waals surface area contributed by atoms with Crippen molar-refractivity contribution in [3.63, 3.8) is 0 Å². The number of anilines is 1. The fourth-order valence-corrected chi connectivity index (χ4v) is 3.07. The molecule has 0 radical (unpaired) electrons. The Morgan fingerprint density at radius 3 is 2.45 bits per heavy atom. The molecule has 3 nitrogen and oxygen atoms in total. The third-order valence-corrected chi connectivity index (χ3v) is 4.16. The van der Waals surface area contributed by atoms with Gasteiger partial charge in [0.25, 0.3) is 0 Å². The molecule has 20 heavy (non-hydrogen) atoms. The van der Waals surface area contributed by atoms with Crippen LogP contribution < -0.4 is 5.32 Å². The summed E-state index contributed by atoms with van der Waals surface area (Å²) < 4.78 is 0. The molecule has 2 rings (SSSR count). The molecule has 1 atom stereocenters. The van der Waals surface area contributed by atoms with Gasteiger partial charge in [-0.2, -0.15) is 0 Å². The Balaban J connectivity index is 2.27. The van der Waals surface area contributed by atoms with Crippen LogP contribution in [-0.2, 0) is 0 Å². The number of thiophene rings is 1. The Labute approximate surface area is 125 Å². The Bertz CT molecular complexity index is 547. The second-order valence-corrected chi connectivity index (χ2v) is 6.77. The zero-order valence-corrected chi connectivity index (χ0v) is 13.7. The second-order valence-electron chi connectivity index (χ2n) is 5.79. The minimum atomic E-state index is 0.296. The van der Waals surface area contributed by atoms with Gasteiger partial charge in [0.2, 0.25) is 0 Å². The molecule has 1 N–H and O–H groups in total. The first-order valence-electron chi connectivity index (χ1n) is 7.13. The van der Waals surface area contributed by atoms with E-state index in [9.17, 15) is 0 Å². The lowest BCUT2D eigenvalue weighted by atomic mass is 10.0. The molecule has 0 saturated heterocycles. The predicted octanol–water partition coefficient (Wildman–Crippen LogP) is 4.78. The molecule has 0 bridgehead atoms. The van der Waals surface area contributed by atoms with E-state index in [2.05, 4.69) is 60.5 Å². The van der Waals surface area contributed by atoms with Gasteiger partial charge in [-0.3, -0.25) is 0 Å². The van der Waals surface area contributed by atoms with E-state index >= 15 is 0 Å². The smallest absolute Gasteiger partial charge is 0.133 e. The van der Waals surface area contributed by atoms with Crippen LogP contribution in [0.4, 0.5) is 5.82 Å². The van der Waals surface area contributed by atoms with E-state index in [4.69, 9.17) is 0 Å². The molecule has 0 aliphatic heterocycles. The summed E-state index contributed by atoms with van der Waals surface area (Å²) in [4.78, 5) is 10.5. The number of rotatable bonds is 5. The Hall–Kier alpha value is -1.42. The molecular weight excluding hydrogens is 266 g/mol. The van der Waals surface area contributed by atoms with Gasteiger partial charge in [0.15, 0.2) is 0 Å². The van der Waals surface area contributed by atoms with Crippen molar-refractivity contribution in [1.82, 2.24) is 9.97 Å². The molecule has 1 unspecified atom stereocenters. The lowest BCUT2D eigenvalue weighted by molar-refractivity contribution is 0.551. The maximum Gasteiger partial charge on any atom is 0.133 e. The van der Waals surface area contributed by atoms with Crippen molar-refractivity contribution >= 4 is 17.2 Å². The Morgan fingerprint density at radius 2 is 1.90 bits per heavy atom. The van der Waals surface area contributed by atoms with Crippen LogP contribution in [0, 0.1) is 12.8 Å². The van der Waals surface area contributed by atoms with Crippen LogP contribution in [0.2, 0.25) is 0 Å². The average Bonchev–Trinajstić information content (AvgIpc) is 2.88. The van der Waals surface area contributed by atoms with Crippen molar-refractivity contribution in [2.75, 3.05) is 5.32 Å². The molecular formula is C16H23N3S. The van der Waals surface area contributed by atoms with Gasteiger partial charge in [-0.25, -0.2) is 9.97 Å². The van der Waals surface area contributed by atoms with Gasteiger partial charge < -0.3 is 5.32 Å². The Morgan fingerprint density at radius 1 is 1.15 bits per heavy atom. The number of aryl methyl sites for hydroxylation is 1. The molecule has 2 aromatic rings. The quantitative estimate of drug-likeness (QED) is 0.860. The first-order chi connectivity index (χ1) is 9.47. The highest BCUT2D eigenvalue weighted by Gasteiger charge is 2.18. The van der Waals surface area contributed by atoms with Crippen LogP contribution in [-0.4, -0.2) is 9.97 Å². The highest BCUT2D eigenvalue weighted by molar-refractivity contribution is 7.10. The van der Waals surface area contributed by atoms with Crippen LogP contribution in [0.25, 0.3) is 0 Å². The monoisotopic (exact) mass is 289 g/mol. The van der Waals surface area contributed by atoms with Gasteiger partial charge in [-0.05, 0) is 24.3 Å². The molecule has 0 fully saturated rings. The van der Waals surface area contributed by atoms with Gasteiger partial charge in [0, 0.05) is 22.6 Å². The molecule has 0 spiro atoms. The third-order valence-electron chi connectivity index (χ3n) is 3.21. The number of hydrogen-bond donors (Lipinski definition) is 1. The van der Waals surface area contributed by atoms with Crippen molar-refractivity contribution in [1.29, 1.82) is 0 Å². The zero-order chi connectivity index (χ0) is 14.7. The van der Waals surface area contributed by atoms with E-state index in [0.717, 1.165) is 17.3 Å². The summed E-state index contributed by atoms with van der Waals surface area (Å²) in [5.41, 5.74) is 1.01. The molecule has 0 aliphatic carbocycles. The van der Waals surface area contributed by atoms with Crippen molar-refractivity contribution in [2.24, 2.45) is 5.92 Å². The van der Waals surface area contributed by atoms with Crippen LogP contribution in [0.5, 0.6) is 0 Å². The van der Waals surface area contributed by atoms with E-state index in [1.807, 2.05) is 13.0 Å². The summed E-state index contributed by atoms with van der Waals surface area (Å²) >= 11 is 1.79. The molecule has 2 heterocycles. The molecule has 0 amide bonds. The van der Waals surface area contributed by atoms with E-state index in [1.54, 1.807) is 11.3 Å². The van der Waals surface area contributed by atoms with Crippen LogP contribution in [0.1, 0.15) is 56.1 Å². The highest BCUT2D eigenvalue weighted by Crippen LogP contribution is 2.29. The second kappa shape index (κ2) is 6.35. The van der Waals surface area contributed by atoms with Gasteiger partial charge in [0.1, 0.15) is 11.6 Å². The first kappa shape index (κ1) is 15.0. The van der Waals surface area contributed by atoms with Crippen molar-refractivity contribution in [3.05, 3.63) is 40.0 Å². The minimum absolute atomic E-state index is 0.296. The maximum atomic E-state index is 4.65. The van der Waals surface area contributed by atoms with Crippen molar-refractivity contribution < 1.29 is 0 Å². The topological polar surface area (TPSA) is 37.8 Å². The molecule has 0 aliphatic rings. The van der Waals surface area contributed by atoms with Crippen molar-refractivity contribution in [2.45, 2.75) is 46.6 Å². The molecule has 0 saturated carbocycles. The number of aromatic nitrogens is 2. The normalized spacial score (nSPS) is 12.9. The maximum absolute atomic E-state index is 4.65. The summed E-state index contributed by atoms with van der Waals surface area (Å²) in [6.07, 6.45) is 0. The lowest BCUT2D eigenvalue weighted by Gasteiger charge is -2.22.